The molecule has 3 atom stereocenters. The van der Waals surface area contributed by atoms with Crippen molar-refractivity contribution >= 4 is 29.1 Å². The number of carbonyl (C=O) groups is 1. The zero-order valence-electron chi connectivity index (χ0n) is 20.3. The lowest BCUT2D eigenvalue weighted by molar-refractivity contribution is 0.0693. The molecule has 4 aromatic rings. The fourth-order valence-electron chi connectivity index (χ4n) is 5.09. The minimum absolute atomic E-state index is 0. The number of ether oxygens (including phenoxy) is 2. The van der Waals surface area contributed by atoms with Crippen LogP contribution in [0, 0.1) is 0 Å². The number of hydrogen-bond acceptors (Lipinski definition) is 4. The number of aromatic carboxylic acids is 1. The molecule has 4 aromatic carbocycles. The van der Waals surface area contributed by atoms with Gasteiger partial charge >= 0.3 is 5.97 Å². The maximum atomic E-state index is 11.8. The Morgan fingerprint density at radius 1 is 1.06 bits per heavy atom. The second-order valence-electron chi connectivity index (χ2n) is 9.03. The van der Waals surface area contributed by atoms with Crippen molar-refractivity contribution in [3.05, 3.63) is 107 Å². The molecule has 0 saturated carbocycles. The van der Waals surface area contributed by atoms with Crippen LogP contribution in [0.5, 0.6) is 11.5 Å². The topological polar surface area (TPSA) is 67.8 Å². The maximum Gasteiger partial charge on any atom is 0.339 e. The molecule has 0 bridgehead atoms. The molecule has 2 N–H and O–H groups in total. The number of carboxylic acids is 1. The number of methoxy groups -OCH3 is 1. The highest BCUT2D eigenvalue weighted by Crippen LogP contribution is 2.41. The van der Waals surface area contributed by atoms with Gasteiger partial charge in [-0.25, -0.2) is 4.79 Å². The Bertz CT molecular complexity index is 1370. The Balaban J connectivity index is 0.00000304. The molecule has 0 saturated heterocycles. The van der Waals surface area contributed by atoms with Crippen LogP contribution in [0.25, 0.3) is 10.8 Å². The minimum Gasteiger partial charge on any atom is -0.496 e. The summed E-state index contributed by atoms with van der Waals surface area (Å²) in [6.07, 6.45) is 0.695. The molecule has 6 heteroatoms. The van der Waals surface area contributed by atoms with Gasteiger partial charge in [-0.15, -0.1) is 12.4 Å². The van der Waals surface area contributed by atoms with Crippen molar-refractivity contribution in [1.82, 2.24) is 5.32 Å². The van der Waals surface area contributed by atoms with E-state index in [0.717, 1.165) is 23.3 Å². The second-order valence-corrected chi connectivity index (χ2v) is 9.03. The van der Waals surface area contributed by atoms with E-state index < -0.39 is 5.97 Å². The number of fused-ring (bicyclic) bond motifs is 2. The Hall–Kier alpha value is -3.54. The zero-order valence-corrected chi connectivity index (χ0v) is 21.1. The van der Waals surface area contributed by atoms with Crippen LogP contribution >= 0.6 is 12.4 Å². The van der Waals surface area contributed by atoms with E-state index >= 15 is 0 Å². The first kappa shape index (κ1) is 25.5. The third-order valence-electron chi connectivity index (χ3n) is 6.88. The van der Waals surface area contributed by atoms with E-state index in [9.17, 15) is 9.90 Å². The lowest BCUT2D eigenvalue weighted by Crippen LogP contribution is -2.37. The summed E-state index contributed by atoms with van der Waals surface area (Å²) in [5, 5.41) is 15.8. The van der Waals surface area contributed by atoms with Crippen LogP contribution in [0.3, 0.4) is 0 Å². The SMILES string of the molecule is COc1ccc([C@@H]2C[C@H](CN[C@H](C)c3cccc4ccccc34)Oc3ccccc32)cc1C(=O)O.Cl. The Morgan fingerprint density at radius 2 is 1.81 bits per heavy atom. The van der Waals surface area contributed by atoms with Gasteiger partial charge in [-0.3, -0.25) is 0 Å². The molecule has 0 aromatic heterocycles. The number of nitrogens with one attached hydrogen (secondary N) is 1. The van der Waals surface area contributed by atoms with Gasteiger partial charge in [0.05, 0.1) is 7.11 Å². The predicted molar refractivity (Wildman–Crippen MR) is 145 cm³/mol. The van der Waals surface area contributed by atoms with Crippen LogP contribution in [0.15, 0.2) is 84.9 Å². The Labute approximate surface area is 217 Å². The first-order chi connectivity index (χ1) is 17.0. The lowest BCUT2D eigenvalue weighted by atomic mass is 9.83. The van der Waals surface area contributed by atoms with Gasteiger partial charge in [0.25, 0.3) is 0 Å². The van der Waals surface area contributed by atoms with E-state index in [1.54, 1.807) is 12.1 Å². The summed E-state index contributed by atoms with van der Waals surface area (Å²) in [5.41, 5.74) is 3.46. The molecule has 1 aliphatic heterocycles. The number of rotatable bonds is 7. The van der Waals surface area contributed by atoms with Crippen molar-refractivity contribution in [2.75, 3.05) is 13.7 Å². The van der Waals surface area contributed by atoms with E-state index in [4.69, 9.17) is 9.47 Å². The van der Waals surface area contributed by atoms with Crippen molar-refractivity contribution < 1.29 is 19.4 Å². The summed E-state index contributed by atoms with van der Waals surface area (Å²) in [6.45, 7) is 2.86. The molecule has 5 rings (SSSR count). The largest absolute Gasteiger partial charge is 0.496 e. The van der Waals surface area contributed by atoms with Crippen LogP contribution in [-0.4, -0.2) is 30.8 Å². The van der Waals surface area contributed by atoms with Crippen LogP contribution in [0.4, 0.5) is 0 Å². The molecule has 0 radical (unpaired) electrons. The predicted octanol–water partition coefficient (Wildman–Crippen LogP) is 6.60. The molecule has 0 aliphatic carbocycles. The van der Waals surface area contributed by atoms with Gasteiger partial charge in [0.1, 0.15) is 23.2 Å². The molecule has 0 spiro atoms. The highest BCUT2D eigenvalue weighted by Gasteiger charge is 2.30. The fraction of sp³-hybridized carbons (Fsp3) is 0.233. The number of carboxylic acid groups (broad SMARTS) is 1. The first-order valence-corrected chi connectivity index (χ1v) is 11.9. The van der Waals surface area contributed by atoms with Gasteiger partial charge in [0.15, 0.2) is 0 Å². The summed E-state index contributed by atoms with van der Waals surface area (Å²) < 4.78 is 11.6. The van der Waals surface area contributed by atoms with Crippen molar-refractivity contribution in [3.8, 4) is 11.5 Å². The molecular formula is C30H30ClNO4. The standard InChI is InChI=1S/C30H29NO4.ClH/c1-19(23-12-7-9-20-8-3-4-10-24(20)23)31-18-22-17-26(25-11-5-6-13-29(25)35-22)21-14-15-28(34-2)27(16-21)30(32)33;/h3-16,19,22,26,31H,17-18H2,1-2H3,(H,32,33);1H/t19-,22-,26+;/m1./s1. The number of benzene rings is 4. The van der Waals surface area contributed by atoms with E-state index in [2.05, 4.69) is 60.8 Å². The zero-order chi connectivity index (χ0) is 24.4. The van der Waals surface area contributed by atoms with Gasteiger partial charge in [-0.2, -0.15) is 0 Å². The highest BCUT2D eigenvalue weighted by atomic mass is 35.5. The Morgan fingerprint density at radius 3 is 2.61 bits per heavy atom. The maximum absolute atomic E-state index is 11.8. The molecule has 1 aliphatic rings. The van der Waals surface area contributed by atoms with Crippen molar-refractivity contribution in [3.63, 3.8) is 0 Å². The van der Waals surface area contributed by atoms with Gasteiger partial charge in [-0.05, 0) is 53.4 Å². The lowest BCUT2D eigenvalue weighted by Gasteiger charge is -2.33. The van der Waals surface area contributed by atoms with E-state index in [0.29, 0.717) is 12.3 Å². The third-order valence-corrected chi connectivity index (χ3v) is 6.88. The Kier molecular flexibility index (Phi) is 7.82. The average molecular weight is 504 g/mol. The van der Waals surface area contributed by atoms with Crippen LogP contribution in [0.1, 0.15) is 52.4 Å². The van der Waals surface area contributed by atoms with E-state index in [1.807, 2.05) is 24.3 Å². The van der Waals surface area contributed by atoms with Gasteiger partial charge in [0.2, 0.25) is 0 Å². The number of hydrogen-bond donors (Lipinski definition) is 2. The summed E-state index contributed by atoms with van der Waals surface area (Å²) in [5.74, 6) is 0.250. The highest BCUT2D eigenvalue weighted by molar-refractivity contribution is 5.91. The van der Waals surface area contributed by atoms with Crippen molar-refractivity contribution in [2.45, 2.75) is 31.4 Å². The molecule has 1 heterocycles. The van der Waals surface area contributed by atoms with E-state index in [-0.39, 0.29) is 36.0 Å². The third kappa shape index (κ3) is 5.03. The average Bonchev–Trinajstić information content (AvgIpc) is 2.90. The molecule has 36 heavy (non-hydrogen) atoms. The first-order valence-electron chi connectivity index (χ1n) is 11.9. The van der Waals surface area contributed by atoms with Crippen LogP contribution < -0.4 is 14.8 Å². The van der Waals surface area contributed by atoms with Gasteiger partial charge in [-0.1, -0.05) is 66.7 Å². The van der Waals surface area contributed by atoms with Gasteiger partial charge < -0.3 is 19.9 Å². The normalized spacial score (nSPS) is 17.4. The molecule has 0 amide bonds. The van der Waals surface area contributed by atoms with Crippen molar-refractivity contribution in [2.24, 2.45) is 0 Å². The quantitative estimate of drug-likeness (QED) is 0.297. The minimum atomic E-state index is -0.994. The van der Waals surface area contributed by atoms with Crippen molar-refractivity contribution in [1.29, 1.82) is 0 Å². The molecule has 0 unspecified atom stereocenters. The number of para-hydroxylation sites is 1. The monoisotopic (exact) mass is 503 g/mol. The molecule has 186 valence electrons. The summed E-state index contributed by atoms with van der Waals surface area (Å²) >= 11 is 0. The fourth-order valence-corrected chi connectivity index (χ4v) is 5.09. The van der Waals surface area contributed by atoms with E-state index in [1.165, 1.54) is 23.4 Å². The van der Waals surface area contributed by atoms with Crippen LogP contribution in [0.2, 0.25) is 0 Å². The summed E-state index contributed by atoms with van der Waals surface area (Å²) in [4.78, 5) is 11.8. The number of halogens is 1. The molecule has 5 nitrogen and oxygen atoms in total. The summed E-state index contributed by atoms with van der Waals surface area (Å²) in [6, 6.07) is 28.5. The van der Waals surface area contributed by atoms with Gasteiger partial charge in [0, 0.05) is 24.1 Å². The smallest absolute Gasteiger partial charge is 0.339 e. The second kappa shape index (κ2) is 11.0. The summed E-state index contributed by atoms with van der Waals surface area (Å²) in [7, 11) is 1.49. The van der Waals surface area contributed by atoms with Crippen LogP contribution in [-0.2, 0) is 0 Å². The molecular weight excluding hydrogens is 474 g/mol. The molecule has 0 fully saturated rings.